The number of benzene rings is 3. The first-order chi connectivity index (χ1) is 22.2. The third kappa shape index (κ3) is 8.07. The van der Waals surface area contributed by atoms with Crippen molar-refractivity contribution < 1.29 is 29.0 Å². The van der Waals surface area contributed by atoms with Crippen molar-refractivity contribution in [3.05, 3.63) is 80.8 Å². The van der Waals surface area contributed by atoms with E-state index in [0.717, 1.165) is 28.7 Å². The van der Waals surface area contributed by atoms with Crippen LogP contribution in [0.15, 0.2) is 53.0 Å². The summed E-state index contributed by atoms with van der Waals surface area (Å²) in [5.74, 6) is -3.63. The summed E-state index contributed by atoms with van der Waals surface area (Å²) in [7, 11) is 0. The van der Waals surface area contributed by atoms with Crippen LogP contribution in [0.25, 0.3) is 0 Å². The topological polar surface area (TPSA) is 114 Å². The Bertz CT molecular complexity index is 1650. The number of carbonyl (C=O) groups excluding carboxylic acids is 3. The fourth-order valence-electron chi connectivity index (χ4n) is 6.27. The number of hydrogen-bond acceptors (Lipinski definition) is 6. The molecule has 2 amide bonds. The lowest BCUT2D eigenvalue weighted by molar-refractivity contribution is -0.150. The van der Waals surface area contributed by atoms with Gasteiger partial charge in [-0.15, -0.1) is 0 Å². The number of carbonyl (C=O) groups is 3. The van der Waals surface area contributed by atoms with Gasteiger partial charge in [0, 0.05) is 23.7 Å². The molecular formula is C38H47BrN2O6. The molecule has 252 valence electrons. The van der Waals surface area contributed by atoms with Crippen LogP contribution in [0.4, 0.5) is 11.4 Å². The summed E-state index contributed by atoms with van der Waals surface area (Å²) in [5.41, 5.74) is 3.66. The fraction of sp³-hybridized carbons (Fsp3) is 0.447. The normalized spacial score (nSPS) is 21.0. The monoisotopic (exact) mass is 706 g/mol. The number of amides is 2. The predicted molar refractivity (Wildman–Crippen MR) is 189 cm³/mol. The van der Waals surface area contributed by atoms with Crippen LogP contribution in [0.1, 0.15) is 74.3 Å². The summed E-state index contributed by atoms with van der Waals surface area (Å²) in [6.07, 6.45) is 0.468. The number of nitrogens with one attached hydrogen (secondary N) is 2. The van der Waals surface area contributed by atoms with Crippen LogP contribution in [0.5, 0.6) is 11.5 Å². The molecule has 0 aliphatic heterocycles. The highest BCUT2D eigenvalue weighted by Crippen LogP contribution is 2.49. The molecule has 9 heteroatoms. The highest BCUT2D eigenvalue weighted by atomic mass is 79.9. The molecule has 1 saturated carbocycles. The number of halogens is 1. The molecule has 3 N–H and O–H groups in total. The molecule has 1 aliphatic carbocycles. The molecule has 3 aromatic rings. The van der Waals surface area contributed by atoms with Crippen LogP contribution < -0.4 is 20.1 Å². The number of aryl methyl sites for hydroxylation is 2. The van der Waals surface area contributed by atoms with E-state index >= 15 is 0 Å². The van der Waals surface area contributed by atoms with E-state index in [9.17, 15) is 19.5 Å². The van der Waals surface area contributed by atoms with Crippen molar-refractivity contribution in [3.63, 3.8) is 0 Å². The molecular weight excluding hydrogens is 660 g/mol. The molecule has 0 aromatic heterocycles. The van der Waals surface area contributed by atoms with Crippen molar-refractivity contribution in [2.45, 2.75) is 79.8 Å². The maximum atomic E-state index is 14.3. The van der Waals surface area contributed by atoms with E-state index in [2.05, 4.69) is 40.4 Å². The lowest BCUT2D eigenvalue weighted by Crippen LogP contribution is -2.56. The van der Waals surface area contributed by atoms with Gasteiger partial charge in [-0.1, -0.05) is 38.1 Å². The minimum absolute atomic E-state index is 0.338. The van der Waals surface area contributed by atoms with Crippen LogP contribution in [-0.4, -0.2) is 41.5 Å². The standard InChI is InChI=1S/C38H47BrN2O6/c1-9-46-31-19-26(18-27(39)35(31)47-17-16-21(2)3)32-33(36(43)40-28-14-10-12-22(4)24(28)6)30(42)20-38(8,45)34(32)37(44)41-29-15-11-13-23(5)25(29)7/h10-15,18-19,21,32-34,45H,9,16-17,20H2,1-8H3,(H,40,43)(H,41,44). The Balaban J connectivity index is 1.87. The lowest BCUT2D eigenvalue weighted by Gasteiger charge is -2.44. The summed E-state index contributed by atoms with van der Waals surface area (Å²) < 4.78 is 12.7. The summed E-state index contributed by atoms with van der Waals surface area (Å²) in [5, 5.41) is 17.8. The predicted octanol–water partition coefficient (Wildman–Crippen LogP) is 7.82. The Hall–Kier alpha value is -3.69. The molecule has 0 heterocycles. The first kappa shape index (κ1) is 36.2. The second-order valence-electron chi connectivity index (χ2n) is 13.2. The van der Waals surface area contributed by atoms with Crippen molar-refractivity contribution in [2.24, 2.45) is 17.8 Å². The van der Waals surface area contributed by atoms with Crippen LogP contribution in [-0.2, 0) is 14.4 Å². The lowest BCUT2D eigenvalue weighted by atomic mass is 9.61. The number of rotatable bonds is 11. The van der Waals surface area contributed by atoms with E-state index in [-0.39, 0.29) is 6.42 Å². The average molecular weight is 708 g/mol. The summed E-state index contributed by atoms with van der Waals surface area (Å²) >= 11 is 3.65. The smallest absolute Gasteiger partial charge is 0.235 e. The summed E-state index contributed by atoms with van der Waals surface area (Å²) in [6.45, 7) is 16.1. The van der Waals surface area contributed by atoms with Crippen molar-refractivity contribution >= 4 is 44.9 Å². The number of hydrogen-bond donors (Lipinski definition) is 3. The van der Waals surface area contributed by atoms with Gasteiger partial charge < -0.3 is 25.2 Å². The quantitative estimate of drug-likeness (QED) is 0.175. The number of ketones is 1. The number of Topliss-reactive ketones (excluding diaryl/α,β-unsaturated/α-hetero) is 1. The summed E-state index contributed by atoms with van der Waals surface area (Å²) in [6, 6.07) is 14.7. The third-order valence-corrected chi connectivity index (χ3v) is 9.80. The van der Waals surface area contributed by atoms with E-state index in [1.54, 1.807) is 24.3 Å². The SMILES string of the molecule is CCOc1cc(C2C(C(=O)Nc3cccc(C)c3C)C(=O)CC(C)(O)C2C(=O)Nc2cccc(C)c2C)cc(Br)c1OCCC(C)C. The Labute approximate surface area is 286 Å². The second kappa shape index (κ2) is 15.0. The number of ether oxygens (including phenoxy) is 2. The van der Waals surface area contributed by atoms with Gasteiger partial charge in [-0.25, -0.2) is 0 Å². The number of anilines is 2. The van der Waals surface area contributed by atoms with Gasteiger partial charge >= 0.3 is 0 Å². The van der Waals surface area contributed by atoms with Crippen molar-refractivity contribution in [1.29, 1.82) is 0 Å². The molecule has 4 atom stereocenters. The Morgan fingerprint density at radius 1 is 0.957 bits per heavy atom. The highest BCUT2D eigenvalue weighted by Gasteiger charge is 2.56. The zero-order chi connectivity index (χ0) is 34.6. The number of aliphatic hydroxyl groups is 1. The van der Waals surface area contributed by atoms with Gasteiger partial charge in [0.2, 0.25) is 11.8 Å². The largest absolute Gasteiger partial charge is 0.490 e. The Morgan fingerprint density at radius 3 is 2.09 bits per heavy atom. The average Bonchev–Trinajstić information content (AvgIpc) is 2.98. The molecule has 1 aliphatic rings. The minimum atomic E-state index is -1.76. The molecule has 3 aromatic carbocycles. The molecule has 1 fully saturated rings. The Kier molecular flexibility index (Phi) is 11.6. The van der Waals surface area contributed by atoms with E-state index in [1.807, 2.05) is 58.9 Å². The van der Waals surface area contributed by atoms with E-state index in [0.29, 0.717) is 52.0 Å². The van der Waals surface area contributed by atoms with Gasteiger partial charge in [0.05, 0.1) is 29.2 Å². The molecule has 0 radical (unpaired) electrons. The van der Waals surface area contributed by atoms with Crippen molar-refractivity contribution in [2.75, 3.05) is 23.8 Å². The Morgan fingerprint density at radius 2 is 1.53 bits per heavy atom. The fourth-order valence-corrected chi connectivity index (χ4v) is 6.84. The van der Waals surface area contributed by atoms with E-state index < -0.39 is 41.0 Å². The van der Waals surface area contributed by atoms with E-state index in [4.69, 9.17) is 9.47 Å². The second-order valence-corrected chi connectivity index (χ2v) is 14.1. The third-order valence-electron chi connectivity index (χ3n) is 9.22. The van der Waals surface area contributed by atoms with Crippen LogP contribution >= 0.6 is 15.9 Å². The van der Waals surface area contributed by atoms with Crippen LogP contribution in [0, 0.1) is 45.4 Å². The first-order valence-electron chi connectivity index (χ1n) is 16.2. The highest BCUT2D eigenvalue weighted by molar-refractivity contribution is 9.10. The molecule has 0 saturated heterocycles. The molecule has 47 heavy (non-hydrogen) atoms. The van der Waals surface area contributed by atoms with Crippen molar-refractivity contribution in [3.8, 4) is 11.5 Å². The van der Waals surface area contributed by atoms with Gasteiger partial charge in [-0.05, 0) is 122 Å². The van der Waals surface area contributed by atoms with Gasteiger partial charge in [0.25, 0.3) is 0 Å². The molecule has 8 nitrogen and oxygen atoms in total. The van der Waals surface area contributed by atoms with Gasteiger partial charge in [-0.2, -0.15) is 0 Å². The first-order valence-corrected chi connectivity index (χ1v) is 17.0. The molecule has 0 spiro atoms. The van der Waals surface area contributed by atoms with Crippen molar-refractivity contribution in [1.82, 2.24) is 0 Å². The minimum Gasteiger partial charge on any atom is -0.490 e. The van der Waals surface area contributed by atoms with E-state index in [1.165, 1.54) is 6.92 Å². The summed E-state index contributed by atoms with van der Waals surface area (Å²) in [4.78, 5) is 42.5. The maximum absolute atomic E-state index is 14.3. The molecule has 4 unspecified atom stereocenters. The van der Waals surface area contributed by atoms with Gasteiger partial charge in [0.1, 0.15) is 11.7 Å². The zero-order valence-electron chi connectivity index (χ0n) is 28.6. The maximum Gasteiger partial charge on any atom is 0.235 e. The van der Waals surface area contributed by atoms with Gasteiger partial charge in [-0.3, -0.25) is 14.4 Å². The van der Waals surface area contributed by atoms with Crippen LogP contribution in [0.3, 0.4) is 0 Å². The van der Waals surface area contributed by atoms with Gasteiger partial charge in [0.15, 0.2) is 11.5 Å². The molecule has 0 bridgehead atoms. The molecule has 4 rings (SSSR count). The van der Waals surface area contributed by atoms with Crippen LogP contribution in [0.2, 0.25) is 0 Å². The zero-order valence-corrected chi connectivity index (χ0v) is 30.2.